The molecule has 0 saturated carbocycles. The molecule has 0 aliphatic carbocycles. The lowest BCUT2D eigenvalue weighted by Gasteiger charge is -2.21. The molecule has 0 radical (unpaired) electrons. The van der Waals surface area contributed by atoms with Crippen LogP contribution in [0.25, 0.3) is 0 Å². The van der Waals surface area contributed by atoms with Crippen LogP contribution in [0.3, 0.4) is 0 Å². The van der Waals surface area contributed by atoms with Crippen LogP contribution in [0.2, 0.25) is 0 Å². The summed E-state index contributed by atoms with van der Waals surface area (Å²) in [6.45, 7) is 9.72. The molecule has 0 spiro atoms. The molecule has 0 fully saturated rings. The number of hydrogen-bond acceptors (Lipinski definition) is 3. The molecule has 1 unspecified atom stereocenters. The van der Waals surface area contributed by atoms with Crippen molar-refractivity contribution in [2.45, 2.75) is 45.1 Å². The van der Waals surface area contributed by atoms with E-state index in [-0.39, 0.29) is 6.04 Å². The van der Waals surface area contributed by atoms with Crippen LogP contribution in [-0.4, -0.2) is 32.4 Å². The zero-order valence-corrected chi connectivity index (χ0v) is 13.7. The molecule has 0 aliphatic heterocycles. The molecule has 0 aromatic heterocycles. The minimum Gasteiger partial charge on any atom is -0.310 e. The summed E-state index contributed by atoms with van der Waals surface area (Å²) in [7, 11) is -3.37. The van der Waals surface area contributed by atoms with Gasteiger partial charge < -0.3 is 5.32 Å². The van der Waals surface area contributed by atoms with E-state index in [1.807, 2.05) is 26.0 Å². The fourth-order valence-electron chi connectivity index (χ4n) is 2.35. The fourth-order valence-corrected chi connectivity index (χ4v) is 3.86. The van der Waals surface area contributed by atoms with E-state index in [1.54, 1.807) is 12.1 Å². The van der Waals surface area contributed by atoms with Gasteiger partial charge in [-0.25, -0.2) is 8.42 Å². The van der Waals surface area contributed by atoms with E-state index in [9.17, 15) is 8.42 Å². The number of benzene rings is 1. The van der Waals surface area contributed by atoms with E-state index in [1.165, 1.54) is 4.31 Å². The van der Waals surface area contributed by atoms with Gasteiger partial charge in [-0.15, -0.1) is 0 Å². The van der Waals surface area contributed by atoms with Crippen molar-refractivity contribution in [1.82, 2.24) is 9.62 Å². The van der Waals surface area contributed by atoms with Gasteiger partial charge in [-0.1, -0.05) is 39.8 Å². The highest BCUT2D eigenvalue weighted by molar-refractivity contribution is 7.89. The SMILES string of the molecule is CCNC(CC)c1cccc(S(=O)(=O)N(CC)CC)c1. The first-order valence-electron chi connectivity index (χ1n) is 7.34. The zero-order chi connectivity index (χ0) is 15.2. The van der Waals surface area contributed by atoms with Crippen LogP contribution < -0.4 is 5.32 Å². The Morgan fingerprint density at radius 1 is 1.15 bits per heavy atom. The number of sulfonamides is 1. The van der Waals surface area contributed by atoms with E-state index in [4.69, 9.17) is 0 Å². The highest BCUT2D eigenvalue weighted by atomic mass is 32.2. The predicted molar refractivity (Wildman–Crippen MR) is 83.3 cm³/mol. The van der Waals surface area contributed by atoms with Gasteiger partial charge in [0, 0.05) is 19.1 Å². The summed E-state index contributed by atoms with van der Waals surface area (Å²) in [6, 6.07) is 7.48. The Labute approximate surface area is 123 Å². The average Bonchev–Trinajstić information content (AvgIpc) is 2.46. The van der Waals surface area contributed by atoms with Crippen molar-refractivity contribution in [2.75, 3.05) is 19.6 Å². The van der Waals surface area contributed by atoms with E-state index < -0.39 is 10.0 Å². The average molecular weight is 298 g/mol. The van der Waals surface area contributed by atoms with Crippen LogP contribution in [0.15, 0.2) is 29.2 Å². The smallest absolute Gasteiger partial charge is 0.243 e. The predicted octanol–water partition coefficient (Wildman–Crippen LogP) is 2.78. The number of rotatable bonds is 8. The molecule has 0 heterocycles. The third kappa shape index (κ3) is 3.81. The third-order valence-corrected chi connectivity index (χ3v) is 5.51. The van der Waals surface area contributed by atoms with Gasteiger partial charge in [-0.05, 0) is 30.7 Å². The first kappa shape index (κ1) is 17.1. The quantitative estimate of drug-likeness (QED) is 0.803. The Morgan fingerprint density at radius 3 is 2.30 bits per heavy atom. The maximum Gasteiger partial charge on any atom is 0.243 e. The van der Waals surface area contributed by atoms with Crippen LogP contribution in [-0.2, 0) is 10.0 Å². The molecule has 0 aliphatic rings. The molecule has 4 nitrogen and oxygen atoms in total. The monoisotopic (exact) mass is 298 g/mol. The van der Waals surface area contributed by atoms with Crippen LogP contribution in [0.5, 0.6) is 0 Å². The van der Waals surface area contributed by atoms with Gasteiger partial charge in [0.05, 0.1) is 4.90 Å². The standard InChI is InChI=1S/C15H26N2O2S/c1-5-15(16-6-2)13-10-9-11-14(12-13)20(18,19)17(7-3)8-4/h9-12,15-16H,5-8H2,1-4H3. The van der Waals surface area contributed by atoms with Crippen LogP contribution in [0.4, 0.5) is 0 Å². The lowest BCUT2D eigenvalue weighted by molar-refractivity contribution is 0.445. The highest BCUT2D eigenvalue weighted by Gasteiger charge is 2.22. The van der Waals surface area contributed by atoms with E-state index in [0.29, 0.717) is 18.0 Å². The minimum absolute atomic E-state index is 0.201. The van der Waals surface area contributed by atoms with Crippen molar-refractivity contribution in [1.29, 1.82) is 0 Å². The van der Waals surface area contributed by atoms with Crippen molar-refractivity contribution in [3.05, 3.63) is 29.8 Å². The largest absolute Gasteiger partial charge is 0.310 e. The molecule has 0 saturated heterocycles. The Hall–Kier alpha value is -0.910. The molecular weight excluding hydrogens is 272 g/mol. The Bertz CT molecular complexity index is 510. The van der Waals surface area contributed by atoms with Gasteiger partial charge >= 0.3 is 0 Å². The lowest BCUT2D eigenvalue weighted by Crippen LogP contribution is -2.30. The van der Waals surface area contributed by atoms with E-state index in [2.05, 4.69) is 19.2 Å². The maximum absolute atomic E-state index is 12.5. The molecule has 1 aromatic carbocycles. The van der Waals surface area contributed by atoms with Crippen molar-refractivity contribution >= 4 is 10.0 Å². The molecule has 0 amide bonds. The van der Waals surface area contributed by atoms with Gasteiger partial charge in [-0.3, -0.25) is 0 Å². The Balaban J connectivity index is 3.15. The van der Waals surface area contributed by atoms with Crippen molar-refractivity contribution in [3.63, 3.8) is 0 Å². The first-order chi connectivity index (χ1) is 9.51. The van der Waals surface area contributed by atoms with Crippen molar-refractivity contribution < 1.29 is 8.42 Å². The van der Waals surface area contributed by atoms with Gasteiger partial charge in [0.2, 0.25) is 10.0 Å². The topological polar surface area (TPSA) is 49.4 Å². The molecule has 1 N–H and O–H groups in total. The van der Waals surface area contributed by atoms with E-state index >= 15 is 0 Å². The number of hydrogen-bond donors (Lipinski definition) is 1. The highest BCUT2D eigenvalue weighted by Crippen LogP contribution is 2.22. The van der Waals surface area contributed by atoms with Gasteiger partial charge in [-0.2, -0.15) is 4.31 Å². The summed E-state index contributed by atoms with van der Waals surface area (Å²) in [6.07, 6.45) is 0.933. The third-order valence-electron chi connectivity index (χ3n) is 3.46. The molecule has 0 bridgehead atoms. The summed E-state index contributed by atoms with van der Waals surface area (Å²) in [4.78, 5) is 0.384. The molecule has 5 heteroatoms. The van der Waals surface area contributed by atoms with Crippen LogP contribution in [0.1, 0.15) is 45.7 Å². The second-order valence-electron chi connectivity index (χ2n) is 4.68. The Morgan fingerprint density at radius 2 is 1.80 bits per heavy atom. The van der Waals surface area contributed by atoms with Crippen LogP contribution in [0, 0.1) is 0 Å². The Kier molecular flexibility index (Phi) is 6.65. The first-order valence-corrected chi connectivity index (χ1v) is 8.78. The second-order valence-corrected chi connectivity index (χ2v) is 6.62. The van der Waals surface area contributed by atoms with Crippen molar-refractivity contribution in [3.8, 4) is 0 Å². The number of nitrogens with zero attached hydrogens (tertiary/aromatic N) is 1. The lowest BCUT2D eigenvalue weighted by atomic mass is 10.0. The molecule has 1 rings (SSSR count). The summed E-state index contributed by atoms with van der Waals surface area (Å²) in [5.41, 5.74) is 1.03. The number of nitrogens with one attached hydrogen (secondary N) is 1. The van der Waals surface area contributed by atoms with Gasteiger partial charge in [0.15, 0.2) is 0 Å². The molecular formula is C15H26N2O2S. The fraction of sp³-hybridized carbons (Fsp3) is 0.600. The summed E-state index contributed by atoms with van der Waals surface area (Å²) < 4.78 is 26.5. The second kappa shape index (κ2) is 7.76. The molecule has 1 atom stereocenters. The summed E-state index contributed by atoms with van der Waals surface area (Å²) in [5, 5.41) is 3.38. The van der Waals surface area contributed by atoms with E-state index in [0.717, 1.165) is 18.5 Å². The maximum atomic E-state index is 12.5. The van der Waals surface area contributed by atoms with Gasteiger partial charge in [0.1, 0.15) is 0 Å². The molecule has 20 heavy (non-hydrogen) atoms. The minimum atomic E-state index is -3.37. The summed E-state index contributed by atoms with van der Waals surface area (Å²) in [5.74, 6) is 0. The normalized spacial score (nSPS) is 13.7. The van der Waals surface area contributed by atoms with Crippen LogP contribution >= 0.6 is 0 Å². The molecule has 114 valence electrons. The summed E-state index contributed by atoms with van der Waals surface area (Å²) >= 11 is 0. The van der Waals surface area contributed by atoms with Gasteiger partial charge in [0.25, 0.3) is 0 Å². The molecule has 1 aromatic rings. The zero-order valence-electron chi connectivity index (χ0n) is 12.9. The van der Waals surface area contributed by atoms with Crippen molar-refractivity contribution in [2.24, 2.45) is 0 Å².